The average molecular weight is 262 g/mol. The molecule has 0 aromatic carbocycles. The fraction of sp³-hybridized carbons (Fsp3) is 0.385. The molecule has 0 radical (unpaired) electrons. The van der Waals surface area contributed by atoms with Crippen LogP contribution in [0.2, 0.25) is 0 Å². The van der Waals surface area contributed by atoms with Crippen molar-refractivity contribution in [1.29, 1.82) is 0 Å². The van der Waals surface area contributed by atoms with Crippen LogP contribution < -0.4 is 0 Å². The van der Waals surface area contributed by atoms with E-state index < -0.39 is 36.2 Å². The molecule has 6 heteroatoms. The normalized spacial score (nSPS) is 26.0. The molecular formula is C13H10O6. The Morgan fingerprint density at radius 2 is 2.05 bits per heavy atom. The highest BCUT2D eigenvalue weighted by Crippen LogP contribution is 2.19. The fourth-order valence-electron chi connectivity index (χ4n) is 1.37. The van der Waals surface area contributed by atoms with Gasteiger partial charge in [0.25, 0.3) is 0 Å². The van der Waals surface area contributed by atoms with Crippen LogP contribution >= 0.6 is 0 Å². The van der Waals surface area contributed by atoms with E-state index in [1.54, 1.807) is 0 Å². The van der Waals surface area contributed by atoms with Crippen molar-refractivity contribution in [2.45, 2.75) is 30.8 Å². The Morgan fingerprint density at radius 3 is 2.58 bits per heavy atom. The molecule has 0 aliphatic carbocycles. The predicted molar refractivity (Wildman–Crippen MR) is 61.9 cm³/mol. The number of carbonyl (C=O) groups is 2. The summed E-state index contributed by atoms with van der Waals surface area (Å²) in [6.45, 7) is 0. The summed E-state index contributed by atoms with van der Waals surface area (Å²) in [7, 11) is 0. The van der Waals surface area contributed by atoms with E-state index in [0.29, 0.717) is 0 Å². The van der Waals surface area contributed by atoms with Crippen LogP contribution in [-0.4, -0.2) is 51.5 Å². The van der Waals surface area contributed by atoms with Crippen LogP contribution in [0, 0.1) is 36.0 Å². The standard InChI is InChI=1S/C13H10O6/c1-2-3-4-5-6-7-8(14)9(15)12-10(16)11(17)13(18)19-12/h1,9-12,15-17H,7H2/t9-,10+,11-,12+/m0/s1. The summed E-state index contributed by atoms with van der Waals surface area (Å²) in [4.78, 5) is 22.4. The zero-order chi connectivity index (χ0) is 14.4. The number of aliphatic hydroxyl groups is 3. The van der Waals surface area contributed by atoms with Crippen molar-refractivity contribution in [3.05, 3.63) is 0 Å². The molecule has 1 saturated heterocycles. The molecule has 19 heavy (non-hydrogen) atoms. The molecular weight excluding hydrogens is 252 g/mol. The minimum absolute atomic E-state index is 0.350. The van der Waals surface area contributed by atoms with Crippen LogP contribution in [0.25, 0.3) is 0 Å². The third kappa shape index (κ3) is 3.58. The molecule has 0 unspecified atom stereocenters. The lowest BCUT2D eigenvalue weighted by atomic mass is 10.0. The van der Waals surface area contributed by atoms with Crippen molar-refractivity contribution >= 4 is 11.8 Å². The summed E-state index contributed by atoms with van der Waals surface area (Å²) in [5.41, 5.74) is 0. The summed E-state index contributed by atoms with van der Waals surface area (Å²) >= 11 is 0. The van der Waals surface area contributed by atoms with E-state index >= 15 is 0 Å². The molecule has 0 aromatic rings. The van der Waals surface area contributed by atoms with Crippen LogP contribution in [0.3, 0.4) is 0 Å². The van der Waals surface area contributed by atoms with E-state index in [-0.39, 0.29) is 6.42 Å². The minimum atomic E-state index is -1.76. The van der Waals surface area contributed by atoms with Crippen LogP contribution in [0.1, 0.15) is 6.42 Å². The monoisotopic (exact) mass is 262 g/mol. The van der Waals surface area contributed by atoms with Gasteiger partial charge in [0.1, 0.15) is 6.10 Å². The number of aliphatic hydroxyl groups excluding tert-OH is 3. The average Bonchev–Trinajstić information content (AvgIpc) is 2.65. The topological polar surface area (TPSA) is 104 Å². The molecule has 0 aromatic heterocycles. The molecule has 98 valence electrons. The molecule has 1 heterocycles. The number of ether oxygens (including phenoxy) is 1. The zero-order valence-corrected chi connectivity index (χ0v) is 9.66. The summed E-state index contributed by atoms with van der Waals surface area (Å²) < 4.78 is 4.50. The second kappa shape index (κ2) is 6.58. The number of rotatable bonds is 3. The van der Waals surface area contributed by atoms with Gasteiger partial charge in [-0.05, 0) is 23.7 Å². The van der Waals surface area contributed by atoms with Gasteiger partial charge in [-0.3, -0.25) is 4.79 Å². The van der Waals surface area contributed by atoms with E-state index in [4.69, 9.17) is 11.5 Å². The summed E-state index contributed by atoms with van der Waals surface area (Å²) in [6.07, 6.45) is -2.17. The van der Waals surface area contributed by atoms with Crippen LogP contribution in [0.4, 0.5) is 0 Å². The number of cyclic esters (lactones) is 1. The van der Waals surface area contributed by atoms with Gasteiger partial charge >= 0.3 is 5.97 Å². The van der Waals surface area contributed by atoms with Gasteiger partial charge in [0, 0.05) is 0 Å². The van der Waals surface area contributed by atoms with Crippen molar-refractivity contribution < 1.29 is 29.6 Å². The first-order valence-electron chi connectivity index (χ1n) is 5.20. The van der Waals surface area contributed by atoms with Crippen LogP contribution in [0.15, 0.2) is 0 Å². The van der Waals surface area contributed by atoms with E-state index in [2.05, 4.69) is 28.4 Å². The Hall–Kier alpha value is -2.30. The number of esters is 1. The number of carbonyl (C=O) groups excluding carboxylic acids is 2. The lowest BCUT2D eigenvalue weighted by Gasteiger charge is -2.17. The molecule has 1 aliphatic heterocycles. The highest BCUT2D eigenvalue weighted by atomic mass is 16.6. The molecule has 1 rings (SSSR count). The van der Waals surface area contributed by atoms with Crippen molar-refractivity contribution in [1.82, 2.24) is 0 Å². The van der Waals surface area contributed by atoms with Crippen molar-refractivity contribution in [2.75, 3.05) is 0 Å². The van der Waals surface area contributed by atoms with Crippen molar-refractivity contribution in [3.63, 3.8) is 0 Å². The largest absolute Gasteiger partial charge is 0.454 e. The molecule has 6 nitrogen and oxygen atoms in total. The molecule has 4 atom stereocenters. The highest BCUT2D eigenvalue weighted by molar-refractivity contribution is 5.87. The van der Waals surface area contributed by atoms with Gasteiger partial charge in [-0.2, -0.15) is 0 Å². The summed E-state index contributed by atoms with van der Waals surface area (Å²) in [5, 5.41) is 28.1. The zero-order valence-electron chi connectivity index (χ0n) is 9.66. The van der Waals surface area contributed by atoms with Gasteiger partial charge in [0.2, 0.25) is 0 Å². The van der Waals surface area contributed by atoms with Crippen LogP contribution in [-0.2, 0) is 14.3 Å². The quantitative estimate of drug-likeness (QED) is 0.387. The van der Waals surface area contributed by atoms with E-state index in [9.17, 15) is 19.8 Å². The van der Waals surface area contributed by atoms with Gasteiger partial charge < -0.3 is 20.1 Å². The minimum Gasteiger partial charge on any atom is -0.454 e. The van der Waals surface area contributed by atoms with E-state index in [1.807, 2.05) is 5.92 Å². The van der Waals surface area contributed by atoms with Crippen molar-refractivity contribution in [2.24, 2.45) is 0 Å². The highest BCUT2D eigenvalue weighted by Gasteiger charge is 2.47. The van der Waals surface area contributed by atoms with Gasteiger partial charge in [-0.25, -0.2) is 4.79 Å². The summed E-state index contributed by atoms with van der Waals surface area (Å²) in [6, 6.07) is 0. The Balaban J connectivity index is 2.60. The van der Waals surface area contributed by atoms with Gasteiger partial charge in [-0.1, -0.05) is 5.92 Å². The van der Waals surface area contributed by atoms with Crippen molar-refractivity contribution in [3.8, 4) is 36.0 Å². The molecule has 0 spiro atoms. The number of hydrogen-bond donors (Lipinski definition) is 3. The number of Topliss-reactive ketones (excluding diaryl/α,β-unsaturated/α-hetero) is 1. The van der Waals surface area contributed by atoms with Crippen LogP contribution in [0.5, 0.6) is 0 Å². The molecule has 1 fully saturated rings. The van der Waals surface area contributed by atoms with E-state index in [1.165, 1.54) is 0 Å². The maximum absolute atomic E-state index is 11.5. The van der Waals surface area contributed by atoms with Gasteiger partial charge in [0.15, 0.2) is 24.1 Å². The fourth-order valence-corrected chi connectivity index (χ4v) is 1.37. The smallest absolute Gasteiger partial charge is 0.338 e. The predicted octanol–water partition coefficient (Wildman–Crippen LogP) is -2.41. The number of terminal acetylenes is 1. The molecule has 0 saturated carbocycles. The Kier molecular flexibility index (Phi) is 5.11. The SMILES string of the molecule is C#CC#CC#CCC(=O)[C@H](O)[C@H]1OC(=O)[C@@H](O)[C@H]1O. The number of hydrogen-bond acceptors (Lipinski definition) is 6. The lowest BCUT2D eigenvalue weighted by molar-refractivity contribution is -0.153. The Morgan fingerprint density at radius 1 is 1.37 bits per heavy atom. The molecule has 1 aliphatic rings. The molecule has 0 bridgehead atoms. The van der Waals surface area contributed by atoms with Gasteiger partial charge in [0.05, 0.1) is 6.42 Å². The first-order valence-corrected chi connectivity index (χ1v) is 5.20. The Labute approximate surface area is 109 Å². The van der Waals surface area contributed by atoms with Gasteiger partial charge in [-0.15, -0.1) is 6.42 Å². The second-order valence-corrected chi connectivity index (χ2v) is 3.62. The first kappa shape index (κ1) is 14.8. The maximum Gasteiger partial charge on any atom is 0.338 e. The summed E-state index contributed by atoms with van der Waals surface area (Å²) in [5.74, 6) is 9.29. The third-order valence-electron chi connectivity index (χ3n) is 2.34. The first-order chi connectivity index (χ1) is 8.99. The molecule has 0 amide bonds. The second-order valence-electron chi connectivity index (χ2n) is 3.62. The lowest BCUT2D eigenvalue weighted by Crippen LogP contribution is -2.42. The van der Waals surface area contributed by atoms with E-state index in [0.717, 1.165) is 0 Å². The number of ketones is 1. The Bertz CT molecular complexity index is 535. The maximum atomic E-state index is 11.5. The third-order valence-corrected chi connectivity index (χ3v) is 2.34. The molecule has 3 N–H and O–H groups in total.